The van der Waals surface area contributed by atoms with E-state index in [9.17, 15) is 0 Å². The Labute approximate surface area is 128 Å². The molecule has 4 aliphatic carbocycles. The van der Waals surface area contributed by atoms with Crippen molar-refractivity contribution >= 4 is 0 Å². The highest BCUT2D eigenvalue weighted by Crippen LogP contribution is 2.61. The Morgan fingerprint density at radius 1 is 1.05 bits per heavy atom. The molecule has 4 bridgehead atoms. The van der Waals surface area contributed by atoms with E-state index < -0.39 is 0 Å². The third-order valence-electron chi connectivity index (χ3n) is 6.53. The van der Waals surface area contributed by atoms with Gasteiger partial charge in [0.05, 0.1) is 5.69 Å². The van der Waals surface area contributed by atoms with Crippen molar-refractivity contribution in [1.82, 2.24) is 15.3 Å². The lowest BCUT2D eigenvalue weighted by molar-refractivity contribution is -0.0720. The van der Waals surface area contributed by atoms with E-state index in [1.807, 2.05) is 6.20 Å². The largest absolute Gasteiger partial charge is 0.306 e. The van der Waals surface area contributed by atoms with Gasteiger partial charge in [-0.2, -0.15) is 0 Å². The zero-order valence-corrected chi connectivity index (χ0v) is 13.3. The molecule has 0 amide bonds. The van der Waals surface area contributed by atoms with Crippen LogP contribution in [0, 0.1) is 23.2 Å². The Kier molecular flexibility index (Phi) is 3.29. The lowest BCUT2D eigenvalue weighted by Gasteiger charge is -2.59. The maximum Gasteiger partial charge on any atom is 0.0753 e. The summed E-state index contributed by atoms with van der Waals surface area (Å²) in [7, 11) is 0. The van der Waals surface area contributed by atoms with E-state index >= 15 is 0 Å². The van der Waals surface area contributed by atoms with Crippen molar-refractivity contribution in [2.75, 3.05) is 0 Å². The van der Waals surface area contributed by atoms with E-state index in [1.165, 1.54) is 38.5 Å². The summed E-state index contributed by atoms with van der Waals surface area (Å²) in [5.41, 5.74) is 1.62. The summed E-state index contributed by atoms with van der Waals surface area (Å²) >= 11 is 0. The quantitative estimate of drug-likeness (QED) is 0.916. The first-order valence-corrected chi connectivity index (χ1v) is 8.66. The third-order valence-corrected chi connectivity index (χ3v) is 6.53. The second-order valence-corrected chi connectivity index (χ2v) is 8.02. The van der Waals surface area contributed by atoms with Gasteiger partial charge in [-0.1, -0.05) is 0 Å². The number of hydrogen-bond donors (Lipinski definition) is 1. The van der Waals surface area contributed by atoms with Gasteiger partial charge in [-0.25, -0.2) is 0 Å². The monoisotopic (exact) mass is 285 g/mol. The lowest BCUT2D eigenvalue weighted by Crippen LogP contribution is -2.55. The van der Waals surface area contributed by atoms with Gasteiger partial charge in [0.15, 0.2) is 0 Å². The van der Waals surface area contributed by atoms with Crippen LogP contribution in [0.15, 0.2) is 18.6 Å². The molecule has 2 unspecified atom stereocenters. The molecule has 1 N–H and O–H groups in total. The Balaban J connectivity index is 1.49. The lowest BCUT2D eigenvalue weighted by atomic mass is 9.48. The van der Waals surface area contributed by atoms with Crippen LogP contribution in [-0.2, 0) is 0 Å². The van der Waals surface area contributed by atoms with Gasteiger partial charge in [-0.3, -0.25) is 9.97 Å². The molecular weight excluding hydrogens is 258 g/mol. The van der Waals surface area contributed by atoms with Crippen LogP contribution in [0.1, 0.15) is 64.1 Å². The molecule has 0 aromatic carbocycles. The second kappa shape index (κ2) is 5.05. The average molecular weight is 285 g/mol. The number of rotatable bonds is 4. The van der Waals surface area contributed by atoms with Crippen molar-refractivity contribution < 1.29 is 0 Å². The van der Waals surface area contributed by atoms with Crippen molar-refractivity contribution in [3.63, 3.8) is 0 Å². The normalized spacial score (nSPS) is 40.2. The minimum atomic E-state index is 0.293. The predicted molar refractivity (Wildman–Crippen MR) is 83.6 cm³/mol. The molecule has 114 valence electrons. The molecule has 3 heteroatoms. The van der Waals surface area contributed by atoms with E-state index in [4.69, 9.17) is 0 Å². The molecular formula is C18H27N3. The number of nitrogens with zero attached hydrogens (tertiary/aromatic N) is 2. The van der Waals surface area contributed by atoms with Crippen molar-refractivity contribution in [1.29, 1.82) is 0 Å². The van der Waals surface area contributed by atoms with E-state index in [2.05, 4.69) is 29.1 Å². The molecule has 1 aromatic heterocycles. The fraction of sp³-hybridized carbons (Fsp3) is 0.778. The molecule has 0 aliphatic heterocycles. The van der Waals surface area contributed by atoms with Crippen molar-refractivity contribution in [3.05, 3.63) is 24.3 Å². The van der Waals surface area contributed by atoms with E-state index in [1.54, 1.807) is 12.4 Å². The van der Waals surface area contributed by atoms with Crippen LogP contribution < -0.4 is 5.32 Å². The topological polar surface area (TPSA) is 37.8 Å². The summed E-state index contributed by atoms with van der Waals surface area (Å²) < 4.78 is 0. The summed E-state index contributed by atoms with van der Waals surface area (Å²) in [6.45, 7) is 4.64. The second-order valence-electron chi connectivity index (χ2n) is 8.02. The Hall–Kier alpha value is -0.960. The van der Waals surface area contributed by atoms with Crippen LogP contribution in [0.5, 0.6) is 0 Å². The van der Waals surface area contributed by atoms with E-state index in [-0.39, 0.29) is 0 Å². The molecule has 21 heavy (non-hydrogen) atoms. The molecule has 0 saturated heterocycles. The highest BCUT2D eigenvalue weighted by molar-refractivity contribution is 5.07. The first-order valence-electron chi connectivity index (χ1n) is 8.66. The summed E-state index contributed by atoms with van der Waals surface area (Å²) in [6.07, 6.45) is 14.4. The summed E-state index contributed by atoms with van der Waals surface area (Å²) in [5.74, 6) is 3.06. The van der Waals surface area contributed by atoms with Crippen LogP contribution in [0.3, 0.4) is 0 Å². The van der Waals surface area contributed by atoms with Gasteiger partial charge in [-0.15, -0.1) is 0 Å². The van der Waals surface area contributed by atoms with Gasteiger partial charge in [0.2, 0.25) is 0 Å². The van der Waals surface area contributed by atoms with Crippen molar-refractivity contribution in [3.8, 4) is 0 Å². The highest BCUT2D eigenvalue weighted by Gasteiger charge is 2.53. The number of hydrogen-bond acceptors (Lipinski definition) is 3. The third kappa shape index (κ3) is 2.40. The maximum absolute atomic E-state index is 4.45. The van der Waals surface area contributed by atoms with Crippen molar-refractivity contribution in [2.24, 2.45) is 23.2 Å². The zero-order chi connectivity index (χ0) is 14.4. The molecule has 0 radical (unpaired) electrons. The minimum absolute atomic E-state index is 0.293. The van der Waals surface area contributed by atoms with Crippen molar-refractivity contribution in [2.45, 2.75) is 64.5 Å². The molecule has 1 heterocycles. The summed E-state index contributed by atoms with van der Waals surface area (Å²) in [4.78, 5) is 8.66. The predicted octanol–water partition coefficient (Wildman–Crippen LogP) is 3.73. The zero-order valence-electron chi connectivity index (χ0n) is 13.3. The highest BCUT2D eigenvalue weighted by atomic mass is 15.0. The molecule has 4 aliphatic rings. The Morgan fingerprint density at radius 2 is 1.67 bits per heavy atom. The molecule has 5 rings (SSSR count). The van der Waals surface area contributed by atoms with Gasteiger partial charge in [-0.05, 0) is 75.5 Å². The van der Waals surface area contributed by atoms with Crippen LogP contribution in [0.25, 0.3) is 0 Å². The van der Waals surface area contributed by atoms with Crippen LogP contribution >= 0.6 is 0 Å². The Morgan fingerprint density at radius 3 is 2.19 bits per heavy atom. The van der Waals surface area contributed by atoms with Gasteiger partial charge in [0, 0.05) is 30.7 Å². The van der Waals surface area contributed by atoms with Crippen LogP contribution in [-0.4, -0.2) is 16.0 Å². The number of nitrogens with one attached hydrogen (secondary N) is 1. The molecule has 4 saturated carbocycles. The first-order chi connectivity index (χ1) is 10.1. The average Bonchev–Trinajstić information content (AvgIpc) is 2.46. The molecule has 3 nitrogen and oxygen atoms in total. The van der Waals surface area contributed by atoms with Crippen LogP contribution in [0.2, 0.25) is 0 Å². The molecule has 2 atom stereocenters. The van der Waals surface area contributed by atoms with Gasteiger partial charge >= 0.3 is 0 Å². The van der Waals surface area contributed by atoms with Gasteiger partial charge in [0.1, 0.15) is 0 Å². The minimum Gasteiger partial charge on any atom is -0.306 e. The Bertz CT molecular complexity index is 463. The molecule has 0 spiro atoms. The summed E-state index contributed by atoms with van der Waals surface area (Å²) in [6, 6.07) is 0.879. The van der Waals surface area contributed by atoms with E-state index in [0.717, 1.165) is 23.4 Å². The standard InChI is InChI=1S/C18H27N3/c1-12(17-11-19-3-4-20-17)21-13(2)18-8-14-5-15(9-18)7-16(6-14)10-18/h3-4,11-16,21H,5-10H2,1-2H3. The molecule has 4 fully saturated rings. The van der Waals surface area contributed by atoms with Crippen LogP contribution in [0.4, 0.5) is 0 Å². The first kappa shape index (κ1) is 13.7. The smallest absolute Gasteiger partial charge is 0.0753 e. The maximum atomic E-state index is 4.45. The SMILES string of the molecule is CC(NC(C)C12CC3CC(CC(C3)C1)C2)c1cnccn1. The van der Waals surface area contributed by atoms with Gasteiger partial charge < -0.3 is 5.32 Å². The fourth-order valence-corrected chi connectivity index (χ4v) is 5.88. The number of aromatic nitrogens is 2. The fourth-order valence-electron chi connectivity index (χ4n) is 5.88. The van der Waals surface area contributed by atoms with Gasteiger partial charge in [0.25, 0.3) is 0 Å². The molecule has 1 aromatic rings. The summed E-state index contributed by atoms with van der Waals surface area (Å²) in [5, 5.41) is 3.85. The van der Waals surface area contributed by atoms with E-state index in [0.29, 0.717) is 17.5 Å².